The van der Waals surface area contributed by atoms with Crippen LogP contribution in [-0.2, 0) is 17.4 Å². The molecule has 1 aromatic heterocycles. The number of rotatable bonds is 7. The highest BCUT2D eigenvalue weighted by Gasteiger charge is 2.33. The van der Waals surface area contributed by atoms with E-state index in [0.717, 1.165) is 23.1 Å². The van der Waals surface area contributed by atoms with E-state index in [-0.39, 0.29) is 11.1 Å². The average molecular weight is 488 g/mol. The largest absolute Gasteiger partial charge is 0.478 e. The summed E-state index contributed by atoms with van der Waals surface area (Å²) < 4.78 is 40.3. The van der Waals surface area contributed by atoms with E-state index < -0.39 is 40.6 Å². The van der Waals surface area contributed by atoms with Crippen LogP contribution in [0.3, 0.4) is 0 Å². The van der Waals surface area contributed by atoms with E-state index in [1.807, 2.05) is 11.5 Å². The second-order valence-corrected chi connectivity index (χ2v) is 7.58. The maximum Gasteiger partial charge on any atom is 0.416 e. The summed E-state index contributed by atoms with van der Waals surface area (Å²) in [5.74, 6) is -1.79. The predicted octanol–water partition coefficient (Wildman–Crippen LogP) is 4.41. The average Bonchev–Trinajstić information content (AvgIpc) is 3.06. The van der Waals surface area contributed by atoms with Gasteiger partial charge < -0.3 is 9.67 Å². The number of nitrogens with one attached hydrogen (secondary N) is 1. The van der Waals surface area contributed by atoms with Crippen LogP contribution in [0.15, 0.2) is 53.6 Å². The van der Waals surface area contributed by atoms with Crippen LogP contribution in [0.4, 0.5) is 18.9 Å². The van der Waals surface area contributed by atoms with Crippen LogP contribution in [0, 0.1) is 24.0 Å². The minimum absolute atomic E-state index is 0.147. The predicted molar refractivity (Wildman–Crippen MR) is 120 cm³/mol. The summed E-state index contributed by atoms with van der Waals surface area (Å²) in [6, 6.07) is 10.0. The van der Waals surface area contributed by atoms with Crippen LogP contribution >= 0.6 is 0 Å². The van der Waals surface area contributed by atoms with Crippen molar-refractivity contribution in [2.75, 3.05) is 0 Å². The fourth-order valence-corrected chi connectivity index (χ4v) is 3.51. The van der Waals surface area contributed by atoms with Gasteiger partial charge in [0, 0.05) is 34.3 Å². The lowest BCUT2D eigenvalue weighted by molar-refractivity contribution is -0.385. The van der Waals surface area contributed by atoms with Gasteiger partial charge in [-0.05, 0) is 50.2 Å². The maximum absolute atomic E-state index is 12.8. The summed E-state index contributed by atoms with van der Waals surface area (Å²) in [4.78, 5) is 33.4. The smallest absolute Gasteiger partial charge is 0.416 e. The lowest BCUT2D eigenvalue weighted by Gasteiger charge is -2.10. The third-order valence-corrected chi connectivity index (χ3v) is 5.20. The number of aromatic carboxylic acids is 1. The monoisotopic (exact) mass is 488 g/mol. The molecule has 3 aromatic rings. The number of nitro groups is 1. The molecule has 0 radical (unpaired) electrons. The first-order chi connectivity index (χ1) is 16.4. The summed E-state index contributed by atoms with van der Waals surface area (Å²) in [5, 5.41) is 24.1. The van der Waals surface area contributed by atoms with Gasteiger partial charge in [-0.15, -0.1) is 0 Å². The Balaban J connectivity index is 1.73. The Bertz CT molecular complexity index is 1330. The van der Waals surface area contributed by atoms with Crippen LogP contribution in [0.5, 0.6) is 0 Å². The van der Waals surface area contributed by atoms with Crippen molar-refractivity contribution in [3.05, 3.63) is 92.3 Å². The van der Waals surface area contributed by atoms with Gasteiger partial charge in [0.25, 0.3) is 5.69 Å². The molecule has 0 aliphatic heterocycles. The Kier molecular flexibility index (Phi) is 7.04. The molecular formula is C23H19F3N4O5. The highest BCUT2D eigenvalue weighted by atomic mass is 19.4. The highest BCUT2D eigenvalue weighted by molar-refractivity contribution is 5.88. The third kappa shape index (κ3) is 5.72. The van der Waals surface area contributed by atoms with Crippen molar-refractivity contribution in [2.24, 2.45) is 5.10 Å². The number of alkyl halides is 3. The summed E-state index contributed by atoms with van der Waals surface area (Å²) in [7, 11) is 0. The van der Waals surface area contributed by atoms with Crippen LogP contribution < -0.4 is 5.43 Å². The van der Waals surface area contributed by atoms with Crippen LogP contribution in [0.25, 0.3) is 5.69 Å². The first-order valence-corrected chi connectivity index (χ1v) is 10.1. The molecule has 0 aliphatic carbocycles. The second-order valence-electron chi connectivity index (χ2n) is 7.58. The molecule has 0 unspecified atom stereocenters. The number of hydrazone groups is 1. The quantitative estimate of drug-likeness (QED) is 0.289. The van der Waals surface area contributed by atoms with Crippen LogP contribution in [0.1, 0.15) is 38.4 Å². The summed E-state index contributed by atoms with van der Waals surface area (Å²) in [6.45, 7) is 3.63. The molecule has 0 atom stereocenters. The standard InChI is InChI=1S/C23H19F3N4O5/c1-13-9-17(14(2)29(13)19-7-4-15(5-8-19)22(32)33)12-27-28-21(31)10-16-3-6-18(23(24,25)26)11-20(16)30(34)35/h3-9,11-12H,10H2,1-2H3,(H,28,31)(H,32,33)/b27-12+. The van der Waals surface area contributed by atoms with Crippen molar-refractivity contribution >= 4 is 23.8 Å². The van der Waals surface area contributed by atoms with Gasteiger partial charge in [0.1, 0.15) is 0 Å². The number of hydrogen-bond acceptors (Lipinski definition) is 5. The van der Waals surface area contributed by atoms with Gasteiger partial charge in [-0.2, -0.15) is 18.3 Å². The number of benzene rings is 2. The summed E-state index contributed by atoms with van der Waals surface area (Å²) in [6.07, 6.45) is -3.93. The molecule has 0 saturated carbocycles. The van der Waals surface area contributed by atoms with E-state index in [4.69, 9.17) is 5.11 Å². The normalized spacial score (nSPS) is 11.6. The molecule has 2 N–H and O–H groups in total. The number of carbonyl (C=O) groups is 2. The van der Waals surface area contributed by atoms with E-state index in [9.17, 15) is 32.9 Å². The van der Waals surface area contributed by atoms with Gasteiger partial charge in [0.15, 0.2) is 0 Å². The minimum Gasteiger partial charge on any atom is -0.478 e. The first kappa shape index (κ1) is 25.1. The fraction of sp³-hybridized carbons (Fsp3) is 0.174. The number of aromatic nitrogens is 1. The third-order valence-electron chi connectivity index (χ3n) is 5.20. The summed E-state index contributed by atoms with van der Waals surface area (Å²) >= 11 is 0. The van der Waals surface area contributed by atoms with E-state index in [1.165, 1.54) is 18.3 Å². The van der Waals surface area contributed by atoms with Gasteiger partial charge >= 0.3 is 12.1 Å². The number of halogens is 3. The van der Waals surface area contributed by atoms with Gasteiger partial charge in [-0.1, -0.05) is 6.07 Å². The zero-order valence-corrected chi connectivity index (χ0v) is 18.5. The first-order valence-electron chi connectivity index (χ1n) is 10.1. The van der Waals surface area contributed by atoms with Gasteiger partial charge in [-0.25, -0.2) is 10.2 Å². The highest BCUT2D eigenvalue weighted by Crippen LogP contribution is 2.33. The zero-order valence-electron chi connectivity index (χ0n) is 18.5. The van der Waals surface area contributed by atoms with Crippen molar-refractivity contribution < 1.29 is 32.8 Å². The maximum atomic E-state index is 12.8. The van der Waals surface area contributed by atoms with Gasteiger partial charge in [0.05, 0.1) is 28.7 Å². The fourth-order valence-electron chi connectivity index (χ4n) is 3.51. The molecule has 0 saturated heterocycles. The van der Waals surface area contributed by atoms with Crippen molar-refractivity contribution in [3.8, 4) is 5.69 Å². The number of aryl methyl sites for hydroxylation is 1. The molecule has 0 aliphatic rings. The molecule has 1 amide bonds. The SMILES string of the molecule is Cc1cc(/C=N/NC(=O)Cc2ccc(C(F)(F)F)cc2[N+](=O)[O-])c(C)n1-c1ccc(C(=O)O)cc1. The number of carbonyl (C=O) groups excluding carboxylic acids is 1. The molecule has 2 aromatic carbocycles. The molecule has 0 fully saturated rings. The molecule has 12 heteroatoms. The molecule has 3 rings (SSSR count). The van der Waals surface area contributed by atoms with Crippen molar-refractivity contribution in [3.63, 3.8) is 0 Å². The van der Waals surface area contributed by atoms with E-state index in [1.54, 1.807) is 25.1 Å². The Labute approximate surface area is 196 Å². The Morgan fingerprint density at radius 1 is 1.14 bits per heavy atom. The number of hydrogen-bond donors (Lipinski definition) is 2. The number of carboxylic acids is 1. The van der Waals surface area contributed by atoms with E-state index in [0.29, 0.717) is 17.7 Å². The topological polar surface area (TPSA) is 127 Å². The van der Waals surface area contributed by atoms with Gasteiger partial charge in [-0.3, -0.25) is 14.9 Å². The lowest BCUT2D eigenvalue weighted by atomic mass is 10.1. The van der Waals surface area contributed by atoms with Crippen LogP contribution in [0.2, 0.25) is 0 Å². The molecule has 35 heavy (non-hydrogen) atoms. The number of nitrogens with zero attached hydrogens (tertiary/aromatic N) is 3. The Morgan fingerprint density at radius 3 is 2.37 bits per heavy atom. The van der Waals surface area contributed by atoms with Crippen LogP contribution in [-0.4, -0.2) is 32.7 Å². The second kappa shape index (κ2) is 9.79. The molecule has 1 heterocycles. The van der Waals surface area contributed by atoms with Gasteiger partial charge in [0.2, 0.25) is 5.91 Å². The van der Waals surface area contributed by atoms with E-state index in [2.05, 4.69) is 10.5 Å². The number of nitro benzene ring substituents is 1. The molecule has 0 spiro atoms. The molecule has 182 valence electrons. The van der Waals surface area contributed by atoms with E-state index >= 15 is 0 Å². The lowest BCUT2D eigenvalue weighted by Crippen LogP contribution is -2.20. The number of amides is 1. The molecule has 9 nitrogen and oxygen atoms in total. The molecule has 0 bridgehead atoms. The zero-order chi connectivity index (χ0) is 25.9. The minimum atomic E-state index is -4.75. The van der Waals surface area contributed by atoms with Crippen molar-refractivity contribution in [1.82, 2.24) is 9.99 Å². The Hall–Kier alpha value is -4.48. The van der Waals surface area contributed by atoms with Crippen molar-refractivity contribution in [2.45, 2.75) is 26.4 Å². The summed E-state index contributed by atoms with van der Waals surface area (Å²) in [5.41, 5.74) is 3.13. The Morgan fingerprint density at radius 2 is 1.80 bits per heavy atom. The molecular weight excluding hydrogens is 469 g/mol. The van der Waals surface area contributed by atoms with Crippen molar-refractivity contribution in [1.29, 1.82) is 0 Å². The number of carboxylic acid groups (broad SMARTS) is 1.